The standard InChI is InChI=1S/C16H16FN3O3S2/c1-9-6-13(24-11-5-3-4-10(17)7-11)14(25(2,22)23)8-12(9)15(21)20-16(18)19/h3-8H,1-2H3,(H4,18,19,20,21). The third-order valence-electron chi connectivity index (χ3n) is 3.18. The van der Waals surface area contributed by atoms with Gasteiger partial charge in [-0.1, -0.05) is 17.8 Å². The molecule has 0 aromatic heterocycles. The zero-order valence-electron chi connectivity index (χ0n) is 13.5. The number of benzene rings is 2. The first kappa shape index (κ1) is 18.9. The predicted molar refractivity (Wildman–Crippen MR) is 95.0 cm³/mol. The SMILES string of the molecule is Cc1cc(Sc2cccc(F)c2)c(S(C)(=O)=O)cc1C(=O)N=C(N)N. The van der Waals surface area contributed by atoms with E-state index >= 15 is 0 Å². The smallest absolute Gasteiger partial charge is 0.280 e. The molecule has 0 spiro atoms. The van der Waals surface area contributed by atoms with Crippen LogP contribution in [0.4, 0.5) is 4.39 Å². The maximum atomic E-state index is 13.4. The van der Waals surface area contributed by atoms with Crippen LogP contribution >= 0.6 is 11.8 Å². The minimum atomic E-state index is -3.64. The fraction of sp³-hybridized carbons (Fsp3) is 0.125. The number of nitrogens with two attached hydrogens (primary N) is 2. The molecule has 1 amide bonds. The number of halogens is 1. The first-order chi connectivity index (χ1) is 11.6. The van der Waals surface area contributed by atoms with Gasteiger partial charge in [-0.3, -0.25) is 4.79 Å². The van der Waals surface area contributed by atoms with Gasteiger partial charge in [0.25, 0.3) is 5.91 Å². The summed E-state index contributed by atoms with van der Waals surface area (Å²) in [5, 5.41) is 0. The van der Waals surface area contributed by atoms with E-state index in [4.69, 9.17) is 11.5 Å². The van der Waals surface area contributed by atoms with Gasteiger partial charge in [-0.05, 0) is 42.8 Å². The second kappa shape index (κ2) is 7.24. The van der Waals surface area contributed by atoms with Crippen molar-refractivity contribution in [3.63, 3.8) is 0 Å². The van der Waals surface area contributed by atoms with Crippen LogP contribution in [0.25, 0.3) is 0 Å². The Kier molecular flexibility index (Phi) is 5.48. The maximum absolute atomic E-state index is 13.4. The van der Waals surface area contributed by atoms with Crippen LogP contribution < -0.4 is 11.5 Å². The molecule has 6 nitrogen and oxygen atoms in total. The van der Waals surface area contributed by atoms with Gasteiger partial charge in [0.15, 0.2) is 15.8 Å². The highest BCUT2D eigenvalue weighted by Crippen LogP contribution is 2.35. The van der Waals surface area contributed by atoms with Gasteiger partial charge in [0.2, 0.25) is 0 Å². The van der Waals surface area contributed by atoms with Crippen LogP contribution in [0.2, 0.25) is 0 Å². The summed E-state index contributed by atoms with van der Waals surface area (Å²) in [6, 6.07) is 8.56. The number of carbonyl (C=O) groups excluding carboxylic acids is 1. The van der Waals surface area contributed by atoms with Gasteiger partial charge in [-0.15, -0.1) is 0 Å². The predicted octanol–water partition coefficient (Wildman–Crippen LogP) is 2.10. The van der Waals surface area contributed by atoms with Crippen molar-refractivity contribution in [1.82, 2.24) is 0 Å². The maximum Gasteiger partial charge on any atom is 0.280 e. The minimum Gasteiger partial charge on any atom is -0.370 e. The van der Waals surface area contributed by atoms with E-state index in [2.05, 4.69) is 4.99 Å². The molecule has 0 saturated heterocycles. The Labute approximate surface area is 149 Å². The molecule has 2 aromatic rings. The van der Waals surface area contributed by atoms with Gasteiger partial charge in [0.1, 0.15) is 5.82 Å². The van der Waals surface area contributed by atoms with Crippen molar-refractivity contribution in [1.29, 1.82) is 0 Å². The third-order valence-corrected chi connectivity index (χ3v) is 5.49. The molecule has 0 aliphatic heterocycles. The molecule has 0 heterocycles. The molecular weight excluding hydrogens is 365 g/mol. The number of aliphatic imine (C=N–C) groups is 1. The van der Waals surface area contributed by atoms with E-state index in [1.54, 1.807) is 19.1 Å². The molecule has 9 heteroatoms. The van der Waals surface area contributed by atoms with Crippen LogP contribution in [0, 0.1) is 12.7 Å². The quantitative estimate of drug-likeness (QED) is 0.619. The summed E-state index contributed by atoms with van der Waals surface area (Å²) < 4.78 is 37.6. The van der Waals surface area contributed by atoms with Crippen molar-refractivity contribution in [2.24, 2.45) is 16.5 Å². The number of sulfone groups is 1. The summed E-state index contributed by atoms with van der Waals surface area (Å²) in [4.78, 5) is 16.4. The van der Waals surface area contributed by atoms with Crippen molar-refractivity contribution in [2.75, 3.05) is 6.26 Å². The summed E-state index contributed by atoms with van der Waals surface area (Å²) in [6.07, 6.45) is 1.03. The summed E-state index contributed by atoms with van der Waals surface area (Å²) >= 11 is 1.09. The monoisotopic (exact) mass is 381 g/mol. The lowest BCUT2D eigenvalue weighted by Crippen LogP contribution is -2.24. The van der Waals surface area contributed by atoms with Crippen LogP contribution in [-0.4, -0.2) is 26.5 Å². The Morgan fingerprint density at radius 3 is 2.44 bits per heavy atom. The molecule has 25 heavy (non-hydrogen) atoms. The zero-order valence-corrected chi connectivity index (χ0v) is 15.1. The fourth-order valence-corrected chi connectivity index (χ4v) is 4.40. The number of guanidine groups is 1. The second-order valence-electron chi connectivity index (χ2n) is 5.29. The molecule has 4 N–H and O–H groups in total. The molecule has 0 unspecified atom stereocenters. The molecule has 0 aliphatic carbocycles. The highest BCUT2D eigenvalue weighted by atomic mass is 32.2. The Hall–Kier alpha value is -2.39. The number of rotatable bonds is 4. The lowest BCUT2D eigenvalue weighted by atomic mass is 10.1. The molecule has 2 rings (SSSR count). The summed E-state index contributed by atoms with van der Waals surface area (Å²) in [5.41, 5.74) is 11.0. The Morgan fingerprint density at radius 1 is 1.20 bits per heavy atom. The van der Waals surface area contributed by atoms with Gasteiger partial charge >= 0.3 is 0 Å². The van der Waals surface area contributed by atoms with Gasteiger partial charge in [-0.25, -0.2) is 12.8 Å². The minimum absolute atomic E-state index is 0.0542. The lowest BCUT2D eigenvalue weighted by Gasteiger charge is -2.12. The Balaban J connectivity index is 2.59. The summed E-state index contributed by atoms with van der Waals surface area (Å²) in [5.74, 6) is -1.57. The van der Waals surface area contributed by atoms with Gasteiger partial charge in [-0.2, -0.15) is 4.99 Å². The molecule has 0 aliphatic rings. The van der Waals surface area contributed by atoms with Crippen LogP contribution in [0.15, 0.2) is 56.1 Å². The highest BCUT2D eigenvalue weighted by Gasteiger charge is 2.20. The molecule has 0 saturated carbocycles. The molecule has 0 atom stereocenters. The number of hydrogen-bond donors (Lipinski definition) is 2. The van der Waals surface area contributed by atoms with Crippen LogP contribution in [-0.2, 0) is 9.84 Å². The molecular formula is C16H16FN3O3S2. The Morgan fingerprint density at radius 2 is 1.88 bits per heavy atom. The molecule has 0 bridgehead atoms. The molecule has 132 valence electrons. The number of hydrogen-bond acceptors (Lipinski definition) is 4. The van der Waals surface area contributed by atoms with Crippen molar-refractivity contribution >= 4 is 33.5 Å². The Bertz CT molecular complexity index is 969. The lowest BCUT2D eigenvalue weighted by molar-refractivity contribution is 0.100. The second-order valence-corrected chi connectivity index (χ2v) is 8.39. The van der Waals surface area contributed by atoms with E-state index in [1.807, 2.05) is 0 Å². The third kappa shape index (κ3) is 4.80. The van der Waals surface area contributed by atoms with Crippen molar-refractivity contribution < 1.29 is 17.6 Å². The molecule has 0 radical (unpaired) electrons. The first-order valence-electron chi connectivity index (χ1n) is 7.00. The highest BCUT2D eigenvalue weighted by molar-refractivity contribution is 8.00. The molecule has 2 aromatic carbocycles. The van der Waals surface area contributed by atoms with E-state index in [0.717, 1.165) is 18.0 Å². The normalized spacial score (nSPS) is 11.2. The van der Waals surface area contributed by atoms with Crippen molar-refractivity contribution in [3.8, 4) is 0 Å². The van der Waals surface area contributed by atoms with Gasteiger partial charge in [0.05, 0.1) is 4.90 Å². The number of carbonyl (C=O) groups is 1. The van der Waals surface area contributed by atoms with E-state index in [-0.39, 0.29) is 10.5 Å². The van der Waals surface area contributed by atoms with Crippen molar-refractivity contribution in [3.05, 3.63) is 53.3 Å². The van der Waals surface area contributed by atoms with Gasteiger partial charge < -0.3 is 11.5 Å². The average molecular weight is 381 g/mol. The van der Waals surface area contributed by atoms with E-state index in [9.17, 15) is 17.6 Å². The average Bonchev–Trinajstić information content (AvgIpc) is 2.45. The molecule has 0 fully saturated rings. The van der Waals surface area contributed by atoms with Crippen LogP contribution in [0.3, 0.4) is 0 Å². The number of amides is 1. The number of nitrogens with zero attached hydrogens (tertiary/aromatic N) is 1. The fourth-order valence-electron chi connectivity index (χ4n) is 2.10. The van der Waals surface area contributed by atoms with Crippen molar-refractivity contribution in [2.45, 2.75) is 21.6 Å². The zero-order chi connectivity index (χ0) is 18.8. The van der Waals surface area contributed by atoms with E-state index < -0.39 is 27.5 Å². The first-order valence-corrected chi connectivity index (χ1v) is 9.71. The van der Waals surface area contributed by atoms with Crippen LogP contribution in [0.5, 0.6) is 0 Å². The summed E-state index contributed by atoms with van der Waals surface area (Å²) in [7, 11) is -3.64. The van der Waals surface area contributed by atoms with Gasteiger partial charge in [0, 0.05) is 21.6 Å². The largest absolute Gasteiger partial charge is 0.370 e. The number of aryl methyl sites for hydroxylation is 1. The van der Waals surface area contributed by atoms with E-state index in [1.165, 1.54) is 24.3 Å². The topological polar surface area (TPSA) is 116 Å². The van der Waals surface area contributed by atoms with E-state index in [0.29, 0.717) is 15.4 Å². The summed E-state index contributed by atoms with van der Waals surface area (Å²) in [6.45, 7) is 1.64. The van der Waals surface area contributed by atoms with Crippen LogP contribution in [0.1, 0.15) is 15.9 Å².